The predicted octanol–water partition coefficient (Wildman–Crippen LogP) is 5.99. The van der Waals surface area contributed by atoms with E-state index < -0.39 is 6.11 Å². The summed E-state index contributed by atoms with van der Waals surface area (Å²) in [5.74, 6) is 6.51. The lowest BCUT2D eigenvalue weighted by atomic mass is 10.0. The van der Waals surface area contributed by atoms with Crippen LogP contribution in [0, 0.1) is 18.8 Å². The summed E-state index contributed by atoms with van der Waals surface area (Å²) in [7, 11) is 0. The SMILES string of the molecule is Cc1ccc2c(Cc3cccc(OC(C)(F)F)c3)noc2c1C#Cc1ccc2cn[nH]c2c1. The van der Waals surface area contributed by atoms with Crippen molar-refractivity contribution in [2.75, 3.05) is 0 Å². The van der Waals surface area contributed by atoms with Crippen LogP contribution in [-0.2, 0) is 6.42 Å². The molecule has 0 saturated carbocycles. The highest BCUT2D eigenvalue weighted by atomic mass is 19.3. The van der Waals surface area contributed by atoms with Gasteiger partial charge in [0.1, 0.15) is 5.75 Å². The smallest absolute Gasteiger partial charge is 0.394 e. The molecule has 0 saturated heterocycles. The molecule has 2 aromatic heterocycles. The summed E-state index contributed by atoms with van der Waals surface area (Å²) in [5.41, 5.74) is 5.60. The van der Waals surface area contributed by atoms with Gasteiger partial charge in [0, 0.05) is 29.7 Å². The number of aromatic nitrogens is 3. The number of benzene rings is 3. The zero-order chi connectivity index (χ0) is 23.0. The third-order valence-corrected chi connectivity index (χ3v) is 5.26. The number of hydrogen-bond donors (Lipinski definition) is 1. The molecule has 5 rings (SSSR count). The Balaban J connectivity index is 1.47. The molecule has 0 fully saturated rings. The molecular formula is C26H19F2N3O2. The van der Waals surface area contributed by atoms with E-state index in [4.69, 9.17) is 4.52 Å². The summed E-state index contributed by atoms with van der Waals surface area (Å²) in [6.07, 6.45) is -1.07. The van der Waals surface area contributed by atoms with Crippen molar-refractivity contribution in [3.05, 3.63) is 88.7 Å². The molecule has 164 valence electrons. The zero-order valence-electron chi connectivity index (χ0n) is 17.9. The number of aromatic amines is 1. The molecule has 2 heterocycles. The van der Waals surface area contributed by atoms with Crippen molar-refractivity contribution in [1.82, 2.24) is 15.4 Å². The van der Waals surface area contributed by atoms with Crippen LogP contribution >= 0.6 is 0 Å². The van der Waals surface area contributed by atoms with Gasteiger partial charge in [-0.1, -0.05) is 35.2 Å². The van der Waals surface area contributed by atoms with Gasteiger partial charge in [-0.15, -0.1) is 0 Å². The van der Waals surface area contributed by atoms with E-state index in [1.54, 1.807) is 18.3 Å². The third kappa shape index (κ3) is 4.41. The Morgan fingerprint density at radius 2 is 1.97 bits per heavy atom. The molecule has 0 spiro atoms. The summed E-state index contributed by atoms with van der Waals surface area (Å²) in [6.45, 7) is 2.68. The van der Waals surface area contributed by atoms with Gasteiger partial charge in [0.25, 0.3) is 0 Å². The zero-order valence-corrected chi connectivity index (χ0v) is 17.9. The summed E-state index contributed by atoms with van der Waals surface area (Å²) in [4.78, 5) is 0. The topological polar surface area (TPSA) is 63.9 Å². The second-order valence-electron chi connectivity index (χ2n) is 7.92. The number of halogens is 2. The van der Waals surface area contributed by atoms with E-state index in [9.17, 15) is 8.78 Å². The van der Waals surface area contributed by atoms with Crippen LogP contribution in [0.2, 0.25) is 0 Å². The van der Waals surface area contributed by atoms with Gasteiger partial charge < -0.3 is 9.26 Å². The molecule has 5 nitrogen and oxygen atoms in total. The van der Waals surface area contributed by atoms with Crippen LogP contribution in [0.5, 0.6) is 5.75 Å². The minimum Gasteiger partial charge on any atom is -0.433 e. The molecule has 5 aromatic rings. The fraction of sp³-hybridized carbons (Fsp3) is 0.154. The number of rotatable bonds is 4. The molecule has 0 unspecified atom stereocenters. The second-order valence-corrected chi connectivity index (χ2v) is 7.92. The molecule has 0 atom stereocenters. The van der Waals surface area contributed by atoms with Gasteiger partial charge in [-0.25, -0.2) is 0 Å². The Kier molecular flexibility index (Phi) is 5.06. The number of aryl methyl sites for hydroxylation is 1. The largest absolute Gasteiger partial charge is 0.433 e. The van der Waals surface area contributed by atoms with Crippen molar-refractivity contribution < 1.29 is 18.0 Å². The minimum atomic E-state index is -3.24. The summed E-state index contributed by atoms with van der Waals surface area (Å²) in [6, 6.07) is 16.4. The van der Waals surface area contributed by atoms with Gasteiger partial charge in [0.15, 0.2) is 5.58 Å². The van der Waals surface area contributed by atoms with Crippen LogP contribution in [-0.4, -0.2) is 21.5 Å². The van der Waals surface area contributed by atoms with E-state index in [1.807, 2.05) is 43.3 Å². The van der Waals surface area contributed by atoms with Crippen molar-refractivity contribution in [1.29, 1.82) is 0 Å². The first-order valence-corrected chi connectivity index (χ1v) is 10.3. The highest BCUT2D eigenvalue weighted by molar-refractivity contribution is 5.87. The van der Waals surface area contributed by atoms with E-state index in [0.29, 0.717) is 24.6 Å². The Morgan fingerprint density at radius 3 is 2.82 bits per heavy atom. The monoisotopic (exact) mass is 443 g/mol. The van der Waals surface area contributed by atoms with E-state index in [1.165, 1.54) is 6.07 Å². The van der Waals surface area contributed by atoms with E-state index in [2.05, 4.69) is 31.9 Å². The molecule has 3 aromatic carbocycles. The van der Waals surface area contributed by atoms with Crippen molar-refractivity contribution >= 4 is 21.9 Å². The Labute approximate surface area is 188 Å². The van der Waals surface area contributed by atoms with E-state index in [0.717, 1.165) is 38.5 Å². The lowest BCUT2D eigenvalue weighted by molar-refractivity contribution is -0.158. The Morgan fingerprint density at radius 1 is 1.09 bits per heavy atom. The number of alkyl halides is 2. The average Bonchev–Trinajstić information content (AvgIpc) is 3.39. The number of nitrogens with zero attached hydrogens (tertiary/aromatic N) is 2. The first kappa shape index (κ1) is 20.7. The second kappa shape index (κ2) is 8.06. The van der Waals surface area contributed by atoms with Crippen molar-refractivity contribution in [3.63, 3.8) is 0 Å². The summed E-state index contributed by atoms with van der Waals surface area (Å²) >= 11 is 0. The first-order valence-electron chi connectivity index (χ1n) is 10.3. The normalized spacial score (nSPS) is 11.5. The molecule has 0 amide bonds. The van der Waals surface area contributed by atoms with Gasteiger partial charge in [-0.05, 0) is 54.4 Å². The van der Waals surface area contributed by atoms with Crippen molar-refractivity contribution in [2.45, 2.75) is 26.4 Å². The number of fused-ring (bicyclic) bond motifs is 2. The quantitative estimate of drug-likeness (QED) is 0.346. The van der Waals surface area contributed by atoms with Crippen LogP contribution in [0.4, 0.5) is 8.78 Å². The maximum Gasteiger partial charge on any atom is 0.394 e. The molecular weight excluding hydrogens is 424 g/mol. The summed E-state index contributed by atoms with van der Waals surface area (Å²) in [5, 5.41) is 13.1. The molecule has 0 aliphatic heterocycles. The number of nitrogens with one attached hydrogen (secondary N) is 1. The summed E-state index contributed by atoms with van der Waals surface area (Å²) < 4.78 is 36.7. The molecule has 33 heavy (non-hydrogen) atoms. The standard InChI is InChI=1S/C26H19F2N3O2/c1-16-6-10-22-24(14-18-4-3-5-20(12-18)32-26(2,27)28)31-33-25(22)21(16)11-8-17-7-9-19-15-29-30-23(19)13-17/h3-7,9-10,12-13,15H,14H2,1-2H3,(H,29,30). The Bertz CT molecular complexity index is 1530. The number of H-pyrrole nitrogens is 1. The Hall–Kier alpha value is -4.18. The first-order chi connectivity index (χ1) is 15.9. The maximum absolute atomic E-state index is 13.2. The van der Waals surface area contributed by atoms with Crippen LogP contribution in [0.1, 0.15) is 34.9 Å². The predicted molar refractivity (Wildman–Crippen MR) is 121 cm³/mol. The molecule has 0 aliphatic rings. The lowest BCUT2D eigenvalue weighted by Gasteiger charge is -2.13. The lowest BCUT2D eigenvalue weighted by Crippen LogP contribution is -2.19. The van der Waals surface area contributed by atoms with E-state index in [-0.39, 0.29) is 5.75 Å². The van der Waals surface area contributed by atoms with Crippen molar-refractivity contribution in [3.8, 4) is 17.6 Å². The van der Waals surface area contributed by atoms with Gasteiger partial charge >= 0.3 is 6.11 Å². The number of ether oxygens (including phenoxy) is 1. The third-order valence-electron chi connectivity index (χ3n) is 5.26. The maximum atomic E-state index is 13.2. The van der Waals surface area contributed by atoms with Gasteiger partial charge in [-0.3, -0.25) is 5.10 Å². The fourth-order valence-electron chi connectivity index (χ4n) is 3.70. The average molecular weight is 443 g/mol. The number of hydrogen-bond acceptors (Lipinski definition) is 4. The molecule has 0 bridgehead atoms. The highest BCUT2D eigenvalue weighted by Gasteiger charge is 2.23. The van der Waals surface area contributed by atoms with Gasteiger partial charge in [0.2, 0.25) is 0 Å². The van der Waals surface area contributed by atoms with Crippen molar-refractivity contribution in [2.24, 2.45) is 0 Å². The van der Waals surface area contributed by atoms with Gasteiger partial charge in [-0.2, -0.15) is 13.9 Å². The minimum absolute atomic E-state index is 0.101. The van der Waals surface area contributed by atoms with Gasteiger partial charge in [0.05, 0.1) is 23.0 Å². The molecule has 0 aliphatic carbocycles. The van der Waals surface area contributed by atoms with Crippen LogP contribution in [0.15, 0.2) is 65.3 Å². The van der Waals surface area contributed by atoms with E-state index >= 15 is 0 Å². The van der Waals surface area contributed by atoms with Crippen LogP contribution in [0.3, 0.4) is 0 Å². The highest BCUT2D eigenvalue weighted by Crippen LogP contribution is 2.28. The van der Waals surface area contributed by atoms with Crippen LogP contribution in [0.25, 0.3) is 21.9 Å². The molecule has 1 N–H and O–H groups in total. The molecule has 0 radical (unpaired) electrons. The molecule has 7 heteroatoms. The fourth-order valence-corrected chi connectivity index (χ4v) is 3.70. The van der Waals surface area contributed by atoms with Crippen LogP contribution < -0.4 is 4.74 Å².